The van der Waals surface area contributed by atoms with E-state index in [1.807, 2.05) is 11.7 Å². The Morgan fingerprint density at radius 1 is 1.29 bits per heavy atom. The van der Waals surface area contributed by atoms with Gasteiger partial charge in [-0.25, -0.2) is 18.1 Å². The SMILES string of the molecule is CN(Cc1ncnn1-c1ccc2c(c1)CCC2)[C@@H]1CCS(=O)(=O)C1. The number of nitrogens with zero attached hydrogens (tertiary/aromatic N) is 4. The van der Waals surface area contributed by atoms with Gasteiger partial charge in [0.15, 0.2) is 9.84 Å². The lowest BCUT2D eigenvalue weighted by Crippen LogP contribution is -2.33. The van der Waals surface area contributed by atoms with Gasteiger partial charge >= 0.3 is 0 Å². The predicted molar refractivity (Wildman–Crippen MR) is 91.9 cm³/mol. The fourth-order valence-corrected chi connectivity index (χ4v) is 5.56. The highest BCUT2D eigenvalue weighted by Crippen LogP contribution is 2.25. The fourth-order valence-electron chi connectivity index (χ4n) is 3.75. The lowest BCUT2D eigenvalue weighted by molar-refractivity contribution is 0.246. The molecule has 1 aromatic carbocycles. The molecule has 0 spiro atoms. The molecule has 0 amide bonds. The highest BCUT2D eigenvalue weighted by Gasteiger charge is 2.31. The Morgan fingerprint density at radius 2 is 2.12 bits per heavy atom. The molecule has 1 aliphatic heterocycles. The van der Waals surface area contributed by atoms with E-state index in [9.17, 15) is 8.42 Å². The summed E-state index contributed by atoms with van der Waals surface area (Å²) in [6, 6.07) is 6.57. The molecule has 0 saturated carbocycles. The Balaban J connectivity index is 1.55. The number of hydrogen-bond acceptors (Lipinski definition) is 5. The fraction of sp³-hybridized carbons (Fsp3) is 0.529. The zero-order valence-electron chi connectivity index (χ0n) is 13.9. The molecule has 0 unspecified atom stereocenters. The Hall–Kier alpha value is -1.73. The van der Waals surface area contributed by atoms with Gasteiger partial charge in [-0.15, -0.1) is 0 Å². The molecule has 4 rings (SSSR count). The number of benzene rings is 1. The molecule has 2 aliphatic rings. The summed E-state index contributed by atoms with van der Waals surface area (Å²) in [5, 5.41) is 4.38. The normalized spacial score (nSPS) is 22.2. The molecule has 0 bridgehead atoms. The van der Waals surface area contributed by atoms with Gasteiger partial charge in [0.2, 0.25) is 0 Å². The minimum absolute atomic E-state index is 0.0696. The Labute approximate surface area is 142 Å². The average molecular weight is 346 g/mol. The second-order valence-corrected chi connectivity index (χ2v) is 9.10. The first-order chi connectivity index (χ1) is 11.5. The summed E-state index contributed by atoms with van der Waals surface area (Å²) < 4.78 is 25.2. The quantitative estimate of drug-likeness (QED) is 0.836. The van der Waals surface area contributed by atoms with Gasteiger partial charge in [-0.1, -0.05) is 6.07 Å². The van der Waals surface area contributed by atoms with Crippen LogP contribution in [0.2, 0.25) is 0 Å². The van der Waals surface area contributed by atoms with E-state index in [1.165, 1.54) is 24.0 Å². The predicted octanol–water partition coefficient (Wildman–Crippen LogP) is 1.37. The summed E-state index contributed by atoms with van der Waals surface area (Å²) in [4.78, 5) is 6.48. The number of aromatic nitrogens is 3. The highest BCUT2D eigenvalue weighted by molar-refractivity contribution is 7.91. The van der Waals surface area contributed by atoms with E-state index >= 15 is 0 Å². The number of hydrogen-bond donors (Lipinski definition) is 0. The highest BCUT2D eigenvalue weighted by atomic mass is 32.2. The molecule has 1 aromatic heterocycles. The molecule has 7 heteroatoms. The molecule has 0 radical (unpaired) electrons. The van der Waals surface area contributed by atoms with Crippen molar-refractivity contribution in [1.82, 2.24) is 19.7 Å². The molecule has 128 valence electrons. The van der Waals surface area contributed by atoms with Crippen molar-refractivity contribution in [2.75, 3.05) is 18.6 Å². The minimum atomic E-state index is -2.87. The van der Waals surface area contributed by atoms with Crippen molar-refractivity contribution < 1.29 is 8.42 Å². The van der Waals surface area contributed by atoms with Gasteiger partial charge in [-0.3, -0.25) is 4.90 Å². The number of rotatable bonds is 4. The van der Waals surface area contributed by atoms with Crippen LogP contribution in [0.25, 0.3) is 5.69 Å². The maximum atomic E-state index is 11.7. The number of sulfone groups is 1. The molecule has 0 N–H and O–H groups in total. The van der Waals surface area contributed by atoms with Crippen molar-refractivity contribution in [1.29, 1.82) is 0 Å². The van der Waals surface area contributed by atoms with Crippen molar-refractivity contribution in [3.63, 3.8) is 0 Å². The van der Waals surface area contributed by atoms with Crippen LogP contribution in [0, 0.1) is 0 Å². The third-order valence-corrected chi connectivity index (χ3v) is 6.92. The molecule has 2 aromatic rings. The van der Waals surface area contributed by atoms with Crippen LogP contribution in [0.4, 0.5) is 0 Å². The van der Waals surface area contributed by atoms with Crippen LogP contribution in [-0.2, 0) is 29.2 Å². The van der Waals surface area contributed by atoms with Crippen molar-refractivity contribution in [3.05, 3.63) is 41.5 Å². The van der Waals surface area contributed by atoms with Crippen LogP contribution in [0.1, 0.15) is 29.8 Å². The maximum Gasteiger partial charge on any atom is 0.151 e. The van der Waals surface area contributed by atoms with Crippen LogP contribution in [0.5, 0.6) is 0 Å². The summed E-state index contributed by atoms with van der Waals surface area (Å²) >= 11 is 0. The van der Waals surface area contributed by atoms with Crippen LogP contribution in [-0.4, -0.2) is 52.7 Å². The maximum absolute atomic E-state index is 11.7. The summed E-state index contributed by atoms with van der Waals surface area (Å²) in [7, 11) is -0.908. The van der Waals surface area contributed by atoms with Crippen LogP contribution >= 0.6 is 0 Å². The first-order valence-corrected chi connectivity index (χ1v) is 10.3. The van der Waals surface area contributed by atoms with E-state index in [2.05, 4.69) is 33.2 Å². The van der Waals surface area contributed by atoms with Gasteiger partial charge in [0.05, 0.1) is 23.7 Å². The lowest BCUT2D eigenvalue weighted by Gasteiger charge is -2.22. The smallest absolute Gasteiger partial charge is 0.151 e. The van der Waals surface area contributed by atoms with E-state index in [-0.39, 0.29) is 11.8 Å². The second-order valence-electron chi connectivity index (χ2n) is 6.87. The van der Waals surface area contributed by atoms with Gasteiger partial charge in [0, 0.05) is 6.04 Å². The Morgan fingerprint density at radius 3 is 2.92 bits per heavy atom. The minimum Gasteiger partial charge on any atom is -0.295 e. The van der Waals surface area contributed by atoms with Gasteiger partial charge in [-0.2, -0.15) is 5.10 Å². The molecule has 2 heterocycles. The Kier molecular flexibility index (Phi) is 3.92. The molecular formula is C17H22N4O2S. The molecule has 1 aliphatic carbocycles. The summed E-state index contributed by atoms with van der Waals surface area (Å²) in [6.45, 7) is 0.595. The standard InChI is InChI=1S/C17H22N4O2S/c1-20(16-7-8-24(22,23)11-16)10-17-18-12-19-21(17)15-6-5-13-3-2-4-14(13)9-15/h5-6,9,12,16H,2-4,7-8,10-11H2,1H3/t16-/m1/s1. The summed E-state index contributed by atoms with van der Waals surface area (Å²) in [5.41, 5.74) is 3.88. The summed E-state index contributed by atoms with van der Waals surface area (Å²) in [6.07, 6.45) is 5.79. The third-order valence-electron chi connectivity index (χ3n) is 5.17. The zero-order chi connectivity index (χ0) is 16.7. The molecule has 1 fully saturated rings. The molecule has 24 heavy (non-hydrogen) atoms. The van der Waals surface area contributed by atoms with E-state index < -0.39 is 9.84 Å². The first kappa shape index (κ1) is 15.8. The van der Waals surface area contributed by atoms with E-state index in [0.29, 0.717) is 18.7 Å². The number of aryl methyl sites for hydroxylation is 2. The van der Waals surface area contributed by atoms with E-state index in [1.54, 1.807) is 6.33 Å². The van der Waals surface area contributed by atoms with Crippen molar-refractivity contribution in [2.24, 2.45) is 0 Å². The van der Waals surface area contributed by atoms with Gasteiger partial charge < -0.3 is 0 Å². The van der Waals surface area contributed by atoms with Crippen LogP contribution < -0.4 is 0 Å². The zero-order valence-corrected chi connectivity index (χ0v) is 14.7. The van der Waals surface area contributed by atoms with Crippen molar-refractivity contribution >= 4 is 9.84 Å². The van der Waals surface area contributed by atoms with E-state index in [4.69, 9.17) is 0 Å². The lowest BCUT2D eigenvalue weighted by atomic mass is 10.1. The molecule has 1 atom stereocenters. The molecule has 1 saturated heterocycles. The van der Waals surface area contributed by atoms with Gasteiger partial charge in [0.1, 0.15) is 12.2 Å². The Bertz CT molecular complexity index is 859. The van der Waals surface area contributed by atoms with Gasteiger partial charge in [0.25, 0.3) is 0 Å². The average Bonchev–Trinajstić information content (AvgIpc) is 3.25. The van der Waals surface area contributed by atoms with Crippen LogP contribution in [0.3, 0.4) is 0 Å². The topological polar surface area (TPSA) is 68.1 Å². The summed E-state index contributed by atoms with van der Waals surface area (Å²) in [5.74, 6) is 1.38. The first-order valence-electron chi connectivity index (χ1n) is 8.43. The molecule has 6 nitrogen and oxygen atoms in total. The van der Waals surface area contributed by atoms with Crippen molar-refractivity contribution in [3.8, 4) is 5.69 Å². The van der Waals surface area contributed by atoms with Gasteiger partial charge in [-0.05, 0) is 56.0 Å². The van der Waals surface area contributed by atoms with E-state index in [0.717, 1.165) is 17.9 Å². The van der Waals surface area contributed by atoms with Crippen LogP contribution in [0.15, 0.2) is 24.5 Å². The number of fused-ring (bicyclic) bond motifs is 1. The monoisotopic (exact) mass is 346 g/mol. The largest absolute Gasteiger partial charge is 0.295 e. The second kappa shape index (κ2) is 5.97. The van der Waals surface area contributed by atoms with Crippen molar-refractivity contribution in [2.45, 2.75) is 38.3 Å². The third kappa shape index (κ3) is 2.98. The molecular weight excluding hydrogens is 324 g/mol.